The SMILES string of the molecule is O=C(CCCOc1ccc(Cl)cc1Cl)N=Nc1c(O)[nH]c2ccc(Br)cc12. The first-order chi connectivity index (χ1) is 12.9. The fourth-order valence-corrected chi connectivity index (χ4v) is 3.21. The minimum atomic E-state index is -0.412. The van der Waals surface area contributed by atoms with Gasteiger partial charge in [-0.15, -0.1) is 10.2 Å². The van der Waals surface area contributed by atoms with Gasteiger partial charge in [-0.2, -0.15) is 0 Å². The van der Waals surface area contributed by atoms with Crippen LogP contribution in [0.3, 0.4) is 0 Å². The van der Waals surface area contributed by atoms with E-state index in [9.17, 15) is 9.90 Å². The number of carbonyl (C=O) groups is 1. The zero-order valence-electron chi connectivity index (χ0n) is 13.9. The van der Waals surface area contributed by atoms with Gasteiger partial charge in [-0.3, -0.25) is 4.79 Å². The maximum atomic E-state index is 11.9. The van der Waals surface area contributed by atoms with E-state index >= 15 is 0 Å². The standard InChI is InChI=1S/C18H14BrCl2N3O3/c19-10-3-5-14-12(8-10)17(18(26)22-14)24-23-16(25)2-1-7-27-15-6-4-11(20)9-13(15)21/h3-6,8-9,22,26H,1-2,7H2. The van der Waals surface area contributed by atoms with Crippen LogP contribution in [0.25, 0.3) is 10.9 Å². The van der Waals surface area contributed by atoms with E-state index in [0.717, 1.165) is 4.47 Å². The number of hydrogen-bond donors (Lipinski definition) is 2. The number of azo groups is 1. The summed E-state index contributed by atoms with van der Waals surface area (Å²) in [6.07, 6.45) is 0.601. The number of carbonyl (C=O) groups excluding carboxylic acids is 1. The number of nitrogens with zero attached hydrogens (tertiary/aromatic N) is 2. The van der Waals surface area contributed by atoms with E-state index in [0.29, 0.717) is 39.7 Å². The van der Waals surface area contributed by atoms with Crippen molar-refractivity contribution in [2.45, 2.75) is 12.8 Å². The third-order valence-corrected chi connectivity index (χ3v) is 4.69. The normalized spacial score (nSPS) is 11.4. The lowest BCUT2D eigenvalue weighted by Crippen LogP contribution is -2.01. The van der Waals surface area contributed by atoms with Gasteiger partial charge in [0.05, 0.1) is 17.1 Å². The number of aromatic nitrogens is 1. The minimum absolute atomic E-state index is 0.139. The van der Waals surface area contributed by atoms with Gasteiger partial charge in [0.2, 0.25) is 5.88 Å². The molecule has 0 aliphatic heterocycles. The van der Waals surface area contributed by atoms with Gasteiger partial charge < -0.3 is 14.8 Å². The van der Waals surface area contributed by atoms with E-state index in [-0.39, 0.29) is 18.0 Å². The van der Waals surface area contributed by atoms with Crippen LogP contribution in [0, 0.1) is 0 Å². The number of fused-ring (bicyclic) bond motifs is 1. The Hall–Kier alpha value is -2.09. The molecule has 0 bridgehead atoms. The largest absolute Gasteiger partial charge is 0.493 e. The fraction of sp³-hybridized carbons (Fsp3) is 0.167. The molecule has 0 unspecified atom stereocenters. The van der Waals surface area contributed by atoms with Crippen LogP contribution in [0.15, 0.2) is 51.1 Å². The van der Waals surface area contributed by atoms with Crippen molar-refractivity contribution in [3.05, 3.63) is 50.9 Å². The van der Waals surface area contributed by atoms with E-state index < -0.39 is 5.91 Å². The topological polar surface area (TPSA) is 87.0 Å². The van der Waals surface area contributed by atoms with Crippen molar-refractivity contribution >= 4 is 61.6 Å². The van der Waals surface area contributed by atoms with Gasteiger partial charge >= 0.3 is 0 Å². The highest BCUT2D eigenvalue weighted by atomic mass is 79.9. The summed E-state index contributed by atoms with van der Waals surface area (Å²) in [4.78, 5) is 14.7. The summed E-state index contributed by atoms with van der Waals surface area (Å²) in [7, 11) is 0. The Kier molecular flexibility index (Phi) is 6.36. The average molecular weight is 471 g/mol. The van der Waals surface area contributed by atoms with Gasteiger partial charge in [-0.25, -0.2) is 0 Å². The second-order valence-electron chi connectivity index (χ2n) is 5.63. The lowest BCUT2D eigenvalue weighted by molar-refractivity contribution is -0.118. The van der Waals surface area contributed by atoms with Crippen molar-refractivity contribution in [1.29, 1.82) is 0 Å². The van der Waals surface area contributed by atoms with E-state index in [1.807, 2.05) is 6.07 Å². The van der Waals surface area contributed by atoms with Crippen LogP contribution < -0.4 is 4.74 Å². The summed E-state index contributed by atoms with van der Waals surface area (Å²) >= 11 is 15.2. The number of H-pyrrole nitrogens is 1. The van der Waals surface area contributed by atoms with E-state index in [1.165, 1.54) is 0 Å². The maximum Gasteiger partial charge on any atom is 0.264 e. The van der Waals surface area contributed by atoms with Gasteiger partial charge in [0.1, 0.15) is 5.75 Å². The third kappa shape index (κ3) is 5.00. The van der Waals surface area contributed by atoms with Gasteiger partial charge in [0.15, 0.2) is 5.69 Å². The van der Waals surface area contributed by atoms with Gasteiger partial charge in [0, 0.05) is 21.3 Å². The van der Waals surface area contributed by atoms with Crippen LogP contribution in [-0.4, -0.2) is 22.6 Å². The number of halogens is 3. The molecule has 1 amide bonds. The second kappa shape index (κ2) is 8.73. The number of nitrogens with one attached hydrogen (secondary N) is 1. The van der Waals surface area contributed by atoms with Crippen LogP contribution in [-0.2, 0) is 4.79 Å². The molecule has 3 rings (SSSR count). The molecule has 6 nitrogen and oxygen atoms in total. The Labute approximate surface area is 173 Å². The molecule has 1 aromatic heterocycles. The van der Waals surface area contributed by atoms with Crippen molar-refractivity contribution in [3.8, 4) is 11.6 Å². The van der Waals surface area contributed by atoms with Gasteiger partial charge in [0.25, 0.3) is 5.91 Å². The smallest absolute Gasteiger partial charge is 0.264 e. The van der Waals surface area contributed by atoms with Crippen molar-refractivity contribution in [1.82, 2.24) is 4.98 Å². The zero-order valence-corrected chi connectivity index (χ0v) is 17.0. The molecule has 3 aromatic rings. The molecule has 0 spiro atoms. The molecule has 1 heterocycles. The molecule has 27 heavy (non-hydrogen) atoms. The number of amides is 1. The fourth-order valence-electron chi connectivity index (χ4n) is 2.39. The van der Waals surface area contributed by atoms with Crippen molar-refractivity contribution < 1.29 is 14.6 Å². The predicted octanol–water partition coefficient (Wildman–Crippen LogP) is 6.41. The average Bonchev–Trinajstić information content (AvgIpc) is 2.93. The number of hydrogen-bond acceptors (Lipinski definition) is 4. The van der Waals surface area contributed by atoms with Crippen LogP contribution in [0.1, 0.15) is 12.8 Å². The highest BCUT2D eigenvalue weighted by Gasteiger charge is 2.11. The Bertz CT molecular complexity index is 1020. The quantitative estimate of drug-likeness (QED) is 0.322. The first-order valence-electron chi connectivity index (χ1n) is 7.96. The summed E-state index contributed by atoms with van der Waals surface area (Å²) in [5.41, 5.74) is 0.925. The van der Waals surface area contributed by atoms with E-state index in [4.69, 9.17) is 27.9 Å². The molecule has 2 aromatic carbocycles. The molecule has 0 fully saturated rings. The summed E-state index contributed by atoms with van der Waals surface area (Å²) in [5, 5.41) is 19.1. The monoisotopic (exact) mass is 469 g/mol. The summed E-state index contributed by atoms with van der Waals surface area (Å²) < 4.78 is 6.35. The molecule has 0 radical (unpaired) electrons. The number of ether oxygens (including phenoxy) is 1. The number of benzene rings is 2. The van der Waals surface area contributed by atoms with Crippen LogP contribution in [0.2, 0.25) is 10.0 Å². The molecule has 0 aliphatic rings. The highest BCUT2D eigenvalue weighted by Crippen LogP contribution is 2.36. The predicted molar refractivity (Wildman–Crippen MR) is 108 cm³/mol. The summed E-state index contributed by atoms with van der Waals surface area (Å²) in [6.45, 7) is 0.299. The molecule has 0 atom stereocenters. The lowest BCUT2D eigenvalue weighted by Gasteiger charge is -2.07. The molecule has 0 saturated carbocycles. The van der Waals surface area contributed by atoms with E-state index in [1.54, 1.807) is 30.3 Å². The number of rotatable bonds is 6. The lowest BCUT2D eigenvalue weighted by atomic mass is 10.2. The molecule has 2 N–H and O–H groups in total. The summed E-state index contributed by atoms with van der Waals surface area (Å²) in [5.74, 6) is -0.0469. The Morgan fingerprint density at radius 2 is 2.04 bits per heavy atom. The Morgan fingerprint density at radius 3 is 2.81 bits per heavy atom. The second-order valence-corrected chi connectivity index (χ2v) is 7.39. The van der Waals surface area contributed by atoms with Crippen LogP contribution in [0.5, 0.6) is 11.6 Å². The zero-order chi connectivity index (χ0) is 19.4. The molecule has 0 saturated heterocycles. The third-order valence-electron chi connectivity index (χ3n) is 3.66. The molecular formula is C18H14BrCl2N3O3. The first kappa shape index (κ1) is 19.7. The molecule has 140 valence electrons. The molecular weight excluding hydrogens is 457 g/mol. The first-order valence-corrected chi connectivity index (χ1v) is 9.51. The Morgan fingerprint density at radius 1 is 1.22 bits per heavy atom. The van der Waals surface area contributed by atoms with E-state index in [2.05, 4.69) is 31.1 Å². The van der Waals surface area contributed by atoms with Crippen LogP contribution >= 0.6 is 39.1 Å². The number of aromatic hydroxyl groups is 1. The van der Waals surface area contributed by atoms with Crippen LogP contribution in [0.4, 0.5) is 5.69 Å². The minimum Gasteiger partial charge on any atom is -0.493 e. The van der Waals surface area contributed by atoms with Gasteiger partial charge in [-0.1, -0.05) is 39.1 Å². The number of aromatic amines is 1. The summed E-state index contributed by atoms with van der Waals surface area (Å²) in [6, 6.07) is 10.3. The molecule has 9 heteroatoms. The van der Waals surface area contributed by atoms with Crippen molar-refractivity contribution in [2.24, 2.45) is 10.2 Å². The maximum absolute atomic E-state index is 11.9. The highest BCUT2D eigenvalue weighted by molar-refractivity contribution is 9.10. The van der Waals surface area contributed by atoms with Gasteiger partial charge in [-0.05, 0) is 42.8 Å². The van der Waals surface area contributed by atoms with Crippen molar-refractivity contribution in [2.75, 3.05) is 6.61 Å². The Balaban J connectivity index is 1.55. The van der Waals surface area contributed by atoms with Crippen molar-refractivity contribution in [3.63, 3.8) is 0 Å². The molecule has 0 aliphatic carbocycles.